The van der Waals surface area contributed by atoms with Crippen molar-refractivity contribution in [3.63, 3.8) is 0 Å². The van der Waals surface area contributed by atoms with Crippen LogP contribution in [0.2, 0.25) is 5.02 Å². The summed E-state index contributed by atoms with van der Waals surface area (Å²) < 4.78 is 18.9. The number of halogens is 2. The fourth-order valence-electron chi connectivity index (χ4n) is 3.12. The van der Waals surface area contributed by atoms with E-state index in [1.807, 2.05) is 0 Å². The van der Waals surface area contributed by atoms with Crippen molar-refractivity contribution in [1.82, 2.24) is 10.6 Å². The highest BCUT2D eigenvalue weighted by atomic mass is 35.5. The molecule has 2 aromatic rings. The maximum Gasteiger partial charge on any atom is 0.330 e. The molecule has 0 bridgehead atoms. The lowest BCUT2D eigenvalue weighted by molar-refractivity contribution is -0.384. The molecule has 3 rings (SSSR count). The Balaban J connectivity index is 1.79. The lowest BCUT2D eigenvalue weighted by atomic mass is 10.0. The average molecular weight is 492 g/mol. The van der Waals surface area contributed by atoms with Gasteiger partial charge in [-0.3, -0.25) is 19.7 Å². The van der Waals surface area contributed by atoms with Crippen molar-refractivity contribution in [2.45, 2.75) is 44.9 Å². The summed E-state index contributed by atoms with van der Waals surface area (Å²) in [7, 11) is 0. The number of esters is 1. The molecule has 2 aromatic carbocycles. The first-order valence-corrected chi connectivity index (χ1v) is 11.0. The van der Waals surface area contributed by atoms with E-state index in [2.05, 4.69) is 10.6 Å². The number of amides is 2. The van der Waals surface area contributed by atoms with Gasteiger partial charge in [0.2, 0.25) is 6.10 Å². The number of nitrogens with zero attached hydrogens (tertiary/aromatic N) is 1. The van der Waals surface area contributed by atoms with Gasteiger partial charge >= 0.3 is 5.97 Å². The number of ether oxygens (including phenoxy) is 1. The highest BCUT2D eigenvalue weighted by Crippen LogP contribution is 2.26. The Morgan fingerprint density at radius 2 is 1.79 bits per heavy atom. The maximum atomic E-state index is 13.4. The molecule has 2 atom stereocenters. The highest BCUT2D eigenvalue weighted by Gasteiger charge is 2.34. The number of benzene rings is 2. The predicted octanol–water partition coefficient (Wildman–Crippen LogP) is 3.70. The normalized spacial score (nSPS) is 14.7. The molecule has 11 heteroatoms. The van der Waals surface area contributed by atoms with E-state index in [4.69, 9.17) is 16.3 Å². The van der Waals surface area contributed by atoms with Crippen molar-refractivity contribution >= 4 is 35.1 Å². The molecular formula is C23H23ClFN3O6. The average Bonchev–Trinajstić information content (AvgIpc) is 3.60. The fourth-order valence-corrected chi connectivity index (χ4v) is 3.31. The van der Waals surface area contributed by atoms with Crippen LogP contribution >= 0.6 is 11.6 Å². The summed E-state index contributed by atoms with van der Waals surface area (Å²) in [6.45, 7) is 3.32. The van der Waals surface area contributed by atoms with Crippen molar-refractivity contribution < 1.29 is 28.4 Å². The molecule has 0 heterocycles. The third-order valence-corrected chi connectivity index (χ3v) is 5.50. The van der Waals surface area contributed by atoms with Gasteiger partial charge < -0.3 is 15.4 Å². The topological polar surface area (TPSA) is 128 Å². The van der Waals surface area contributed by atoms with E-state index in [1.54, 1.807) is 13.8 Å². The van der Waals surface area contributed by atoms with Crippen molar-refractivity contribution in [2.24, 2.45) is 5.92 Å². The number of carbonyl (C=O) groups is 3. The van der Waals surface area contributed by atoms with Gasteiger partial charge in [0.05, 0.1) is 4.92 Å². The van der Waals surface area contributed by atoms with Crippen molar-refractivity contribution in [1.29, 1.82) is 0 Å². The largest absolute Gasteiger partial charge is 0.446 e. The van der Waals surface area contributed by atoms with Crippen LogP contribution < -0.4 is 10.6 Å². The first-order chi connectivity index (χ1) is 16.1. The standard InChI is InChI=1S/C23H23ClFN3O6/c1-12(2)19(27-21(29)14-5-10-17(24)18(11-14)28(32)33)23(31)34-20(22(30)26-16-8-9-16)13-3-6-15(25)7-4-13/h3-7,10-12,16,19-20H,8-9H2,1-2H3,(H,26,30)(H,27,29)/t19-,20-/m1/s1. The van der Waals surface area contributed by atoms with Gasteiger partial charge in [-0.15, -0.1) is 0 Å². The lowest BCUT2D eigenvalue weighted by Crippen LogP contribution is -2.46. The number of nitrogens with one attached hydrogen (secondary N) is 2. The summed E-state index contributed by atoms with van der Waals surface area (Å²) in [6.07, 6.45) is 0.282. The molecule has 9 nitrogen and oxygen atoms in total. The van der Waals surface area contributed by atoms with Gasteiger partial charge in [-0.05, 0) is 43.0 Å². The molecule has 2 N–H and O–H groups in total. The van der Waals surface area contributed by atoms with Gasteiger partial charge in [0, 0.05) is 23.2 Å². The highest BCUT2D eigenvalue weighted by molar-refractivity contribution is 6.32. The lowest BCUT2D eigenvalue weighted by Gasteiger charge is -2.24. The minimum atomic E-state index is -1.34. The van der Waals surface area contributed by atoms with Gasteiger partial charge in [0.1, 0.15) is 16.9 Å². The van der Waals surface area contributed by atoms with Gasteiger partial charge in [-0.25, -0.2) is 9.18 Å². The van der Waals surface area contributed by atoms with Crippen molar-refractivity contribution in [3.05, 3.63) is 74.5 Å². The van der Waals surface area contributed by atoms with Crippen LogP contribution in [0.4, 0.5) is 10.1 Å². The Morgan fingerprint density at radius 1 is 1.15 bits per heavy atom. The first-order valence-electron chi connectivity index (χ1n) is 10.6. The molecule has 0 aliphatic heterocycles. The number of hydrogen-bond donors (Lipinski definition) is 2. The van der Waals surface area contributed by atoms with Crippen LogP contribution in [0, 0.1) is 21.8 Å². The van der Waals surface area contributed by atoms with Crippen LogP contribution in [0.25, 0.3) is 0 Å². The van der Waals surface area contributed by atoms with E-state index < -0.39 is 52.3 Å². The number of hydrogen-bond acceptors (Lipinski definition) is 6. The first kappa shape index (κ1) is 25.1. The molecule has 1 aliphatic rings. The molecule has 1 fully saturated rings. The summed E-state index contributed by atoms with van der Waals surface area (Å²) >= 11 is 5.79. The van der Waals surface area contributed by atoms with Crippen LogP contribution in [-0.4, -0.2) is 34.8 Å². The van der Waals surface area contributed by atoms with Crippen LogP contribution in [0.1, 0.15) is 48.7 Å². The van der Waals surface area contributed by atoms with Crippen LogP contribution in [0.5, 0.6) is 0 Å². The summed E-state index contributed by atoms with van der Waals surface area (Å²) in [5, 5.41) is 16.2. The van der Waals surface area contributed by atoms with E-state index in [-0.39, 0.29) is 22.2 Å². The van der Waals surface area contributed by atoms with Crippen LogP contribution in [0.15, 0.2) is 42.5 Å². The van der Waals surface area contributed by atoms with Crippen molar-refractivity contribution in [3.8, 4) is 0 Å². The Hall–Kier alpha value is -3.53. The Labute approximate surface area is 199 Å². The van der Waals surface area contributed by atoms with Crippen LogP contribution in [-0.2, 0) is 14.3 Å². The Bertz CT molecular complexity index is 1100. The third kappa shape index (κ3) is 6.28. The second-order valence-electron chi connectivity index (χ2n) is 8.27. The molecule has 0 aromatic heterocycles. The Morgan fingerprint density at radius 3 is 2.35 bits per heavy atom. The number of nitro groups is 1. The molecule has 34 heavy (non-hydrogen) atoms. The zero-order valence-electron chi connectivity index (χ0n) is 18.4. The summed E-state index contributed by atoms with van der Waals surface area (Å²) in [6, 6.07) is 7.32. The molecule has 1 aliphatic carbocycles. The maximum absolute atomic E-state index is 13.4. The van der Waals surface area contributed by atoms with Gasteiger partial charge in [0.25, 0.3) is 17.5 Å². The van der Waals surface area contributed by atoms with E-state index in [9.17, 15) is 28.9 Å². The van der Waals surface area contributed by atoms with Gasteiger partial charge in [-0.2, -0.15) is 0 Å². The minimum absolute atomic E-state index is 0.00422. The molecule has 0 radical (unpaired) electrons. The molecule has 0 spiro atoms. The monoisotopic (exact) mass is 491 g/mol. The van der Waals surface area contributed by atoms with E-state index in [1.165, 1.54) is 24.3 Å². The van der Waals surface area contributed by atoms with Gasteiger partial charge in [-0.1, -0.05) is 37.6 Å². The van der Waals surface area contributed by atoms with Gasteiger partial charge in [0.15, 0.2) is 0 Å². The molecule has 0 saturated heterocycles. The van der Waals surface area contributed by atoms with Crippen LogP contribution in [0.3, 0.4) is 0 Å². The quantitative estimate of drug-likeness (QED) is 0.313. The fraction of sp³-hybridized carbons (Fsp3) is 0.348. The van der Waals surface area contributed by atoms with E-state index in [0.717, 1.165) is 31.0 Å². The second kappa shape index (κ2) is 10.6. The zero-order chi connectivity index (χ0) is 25.0. The summed E-state index contributed by atoms with van der Waals surface area (Å²) in [4.78, 5) is 48.9. The molecular weight excluding hydrogens is 469 g/mol. The Kier molecular flexibility index (Phi) is 7.83. The van der Waals surface area contributed by atoms with E-state index in [0.29, 0.717) is 0 Å². The van der Waals surface area contributed by atoms with Crippen molar-refractivity contribution in [2.75, 3.05) is 0 Å². The predicted molar refractivity (Wildman–Crippen MR) is 121 cm³/mol. The second-order valence-corrected chi connectivity index (χ2v) is 8.68. The summed E-state index contributed by atoms with van der Waals surface area (Å²) in [5.41, 5.74) is -0.253. The number of nitro benzene ring substituents is 1. The molecule has 0 unspecified atom stereocenters. The molecule has 1 saturated carbocycles. The van der Waals surface area contributed by atoms with E-state index >= 15 is 0 Å². The number of rotatable bonds is 9. The molecule has 180 valence electrons. The zero-order valence-corrected chi connectivity index (χ0v) is 19.2. The molecule has 2 amide bonds. The summed E-state index contributed by atoms with van der Waals surface area (Å²) in [5.74, 6) is -3.15. The minimum Gasteiger partial charge on any atom is -0.446 e. The number of carbonyl (C=O) groups excluding carboxylic acids is 3. The SMILES string of the molecule is CC(C)[C@@H](NC(=O)c1ccc(Cl)c([N+](=O)[O-])c1)C(=O)O[C@@H](C(=O)NC1CC1)c1ccc(F)cc1. The third-order valence-electron chi connectivity index (χ3n) is 5.18. The smallest absolute Gasteiger partial charge is 0.330 e.